The first-order valence-corrected chi connectivity index (χ1v) is 10.3. The number of carboxylic acids is 1. The van der Waals surface area contributed by atoms with E-state index in [4.69, 9.17) is 5.73 Å². The van der Waals surface area contributed by atoms with Gasteiger partial charge in [0.2, 0.25) is 5.95 Å². The number of aromatic nitrogens is 4. The highest BCUT2D eigenvalue weighted by molar-refractivity contribution is 5.84. The van der Waals surface area contributed by atoms with Gasteiger partial charge in [0.05, 0.1) is 12.4 Å². The Morgan fingerprint density at radius 2 is 2.10 bits per heavy atom. The Bertz CT molecular complexity index is 919. The molecule has 9 nitrogen and oxygen atoms in total. The van der Waals surface area contributed by atoms with Crippen LogP contribution in [0.1, 0.15) is 39.2 Å². The van der Waals surface area contributed by atoms with E-state index in [1.807, 2.05) is 18.4 Å². The number of aliphatic carboxylic acids is 1. The third kappa shape index (κ3) is 4.34. The van der Waals surface area contributed by atoms with E-state index in [1.165, 1.54) is 12.8 Å². The van der Waals surface area contributed by atoms with E-state index in [9.17, 15) is 9.90 Å². The van der Waals surface area contributed by atoms with Gasteiger partial charge in [0.15, 0.2) is 17.0 Å². The second kappa shape index (κ2) is 7.98. The molecular formula is C20H29N7O2. The van der Waals surface area contributed by atoms with Crippen LogP contribution >= 0.6 is 0 Å². The highest BCUT2D eigenvalue weighted by Gasteiger charge is 2.27. The lowest BCUT2D eigenvalue weighted by Crippen LogP contribution is -2.42. The van der Waals surface area contributed by atoms with Crippen molar-refractivity contribution >= 4 is 28.9 Å². The first kappa shape index (κ1) is 19.6. The molecule has 0 amide bonds. The van der Waals surface area contributed by atoms with E-state index in [1.54, 1.807) is 6.33 Å². The van der Waals surface area contributed by atoms with E-state index >= 15 is 0 Å². The molecule has 2 aromatic rings. The van der Waals surface area contributed by atoms with Gasteiger partial charge in [0.25, 0.3) is 0 Å². The van der Waals surface area contributed by atoms with Gasteiger partial charge in [0.1, 0.15) is 6.04 Å². The highest BCUT2D eigenvalue weighted by Crippen LogP contribution is 2.33. The van der Waals surface area contributed by atoms with Gasteiger partial charge in [-0.3, -0.25) is 4.79 Å². The smallest absolute Gasteiger partial charge is 0.320 e. The molecule has 2 aliphatic rings. The van der Waals surface area contributed by atoms with Crippen LogP contribution in [0.5, 0.6) is 0 Å². The van der Waals surface area contributed by atoms with Crippen LogP contribution in [0.4, 0.5) is 11.8 Å². The van der Waals surface area contributed by atoms with Crippen LogP contribution in [0.15, 0.2) is 18.5 Å². The maximum atomic E-state index is 11.4. The van der Waals surface area contributed by atoms with Crippen molar-refractivity contribution in [3.8, 4) is 0 Å². The summed E-state index contributed by atoms with van der Waals surface area (Å²) in [6.45, 7) is 5.33. The van der Waals surface area contributed by atoms with E-state index in [0.717, 1.165) is 30.0 Å². The van der Waals surface area contributed by atoms with Crippen molar-refractivity contribution in [2.75, 3.05) is 24.1 Å². The standard InChI is InChI=1S/C20H29N7O2/c1-11(2)15(19(28)29)22-9-13-5-6-14(7-13)27-10-24-16-17(23-8-12-3-4-12)25-20(21)26-18(16)27/h5-6,10-15,22H,3-4,7-9H2,1-2H3,(H,28,29)(H3,21,23,25,26)/t13?,14?,15-/m0/s1. The fraction of sp³-hybridized carbons (Fsp3) is 0.600. The molecule has 1 saturated carbocycles. The van der Waals surface area contributed by atoms with Crippen molar-refractivity contribution in [2.45, 2.75) is 45.2 Å². The summed E-state index contributed by atoms with van der Waals surface area (Å²) in [5.74, 6) is 1.13. The summed E-state index contributed by atoms with van der Waals surface area (Å²) >= 11 is 0. The number of fused-ring (bicyclic) bond motifs is 1. The Balaban J connectivity index is 1.45. The Kier molecular flexibility index (Phi) is 5.40. The van der Waals surface area contributed by atoms with E-state index in [0.29, 0.717) is 12.4 Å². The zero-order valence-corrected chi connectivity index (χ0v) is 16.9. The van der Waals surface area contributed by atoms with Crippen LogP contribution in [0.3, 0.4) is 0 Å². The van der Waals surface area contributed by atoms with Gasteiger partial charge in [-0.1, -0.05) is 26.0 Å². The normalized spacial score (nSPS) is 22.4. The zero-order chi connectivity index (χ0) is 20.5. The predicted octanol–water partition coefficient (Wildman–Crippen LogP) is 2.05. The molecule has 0 spiro atoms. The number of allylic oxidation sites excluding steroid dienone is 1. The van der Waals surface area contributed by atoms with Crippen molar-refractivity contribution in [2.24, 2.45) is 17.8 Å². The van der Waals surface area contributed by atoms with E-state index in [-0.39, 0.29) is 23.8 Å². The number of anilines is 2. The first-order chi connectivity index (χ1) is 13.9. The topological polar surface area (TPSA) is 131 Å². The van der Waals surface area contributed by atoms with Crippen LogP contribution < -0.4 is 16.4 Å². The summed E-state index contributed by atoms with van der Waals surface area (Å²) in [5, 5.41) is 15.9. The second-order valence-electron chi connectivity index (χ2n) is 8.49. The molecule has 29 heavy (non-hydrogen) atoms. The average molecular weight is 399 g/mol. The molecule has 156 valence electrons. The molecule has 2 unspecified atom stereocenters. The molecule has 0 aliphatic heterocycles. The van der Waals surface area contributed by atoms with Crippen molar-refractivity contribution in [1.29, 1.82) is 0 Å². The van der Waals surface area contributed by atoms with Gasteiger partial charge < -0.3 is 26.0 Å². The molecule has 2 heterocycles. The maximum Gasteiger partial charge on any atom is 0.320 e. The van der Waals surface area contributed by atoms with Crippen molar-refractivity contribution < 1.29 is 9.90 Å². The molecule has 2 aliphatic carbocycles. The van der Waals surface area contributed by atoms with Crippen LogP contribution in [-0.4, -0.2) is 49.7 Å². The largest absolute Gasteiger partial charge is 0.480 e. The molecule has 1 fully saturated rings. The third-order valence-corrected chi connectivity index (χ3v) is 5.73. The second-order valence-corrected chi connectivity index (χ2v) is 8.49. The van der Waals surface area contributed by atoms with Gasteiger partial charge >= 0.3 is 5.97 Å². The fourth-order valence-electron chi connectivity index (χ4n) is 3.86. The van der Waals surface area contributed by atoms with Crippen LogP contribution in [0, 0.1) is 17.8 Å². The number of nitrogens with zero attached hydrogens (tertiary/aromatic N) is 4. The molecular weight excluding hydrogens is 370 g/mol. The van der Waals surface area contributed by atoms with Gasteiger partial charge in [-0.15, -0.1) is 0 Å². The van der Waals surface area contributed by atoms with E-state index < -0.39 is 12.0 Å². The van der Waals surface area contributed by atoms with Gasteiger partial charge in [-0.25, -0.2) is 4.98 Å². The molecule has 0 aromatic carbocycles. The lowest BCUT2D eigenvalue weighted by Gasteiger charge is -2.20. The number of hydrogen-bond acceptors (Lipinski definition) is 7. The van der Waals surface area contributed by atoms with Crippen LogP contribution in [0.2, 0.25) is 0 Å². The molecule has 0 saturated heterocycles. The minimum atomic E-state index is -0.808. The lowest BCUT2D eigenvalue weighted by molar-refractivity contribution is -0.140. The third-order valence-electron chi connectivity index (χ3n) is 5.73. The lowest BCUT2D eigenvalue weighted by atomic mass is 10.0. The minimum absolute atomic E-state index is 0.0347. The summed E-state index contributed by atoms with van der Waals surface area (Å²) in [6, 6.07) is -0.427. The van der Waals surface area contributed by atoms with Gasteiger partial charge in [-0.05, 0) is 37.0 Å². The van der Waals surface area contributed by atoms with Gasteiger partial charge in [0, 0.05) is 13.1 Å². The molecule has 2 aromatic heterocycles. The number of carbonyl (C=O) groups is 1. The predicted molar refractivity (Wildman–Crippen MR) is 111 cm³/mol. The summed E-state index contributed by atoms with van der Waals surface area (Å²) in [4.78, 5) is 24.7. The number of carboxylic acid groups (broad SMARTS) is 1. The molecule has 3 atom stereocenters. The van der Waals surface area contributed by atoms with Crippen LogP contribution in [0.25, 0.3) is 11.2 Å². The maximum absolute atomic E-state index is 11.4. The number of nitrogens with one attached hydrogen (secondary N) is 2. The van der Waals surface area contributed by atoms with Crippen molar-refractivity contribution in [3.63, 3.8) is 0 Å². The summed E-state index contributed by atoms with van der Waals surface area (Å²) in [6.07, 6.45) is 9.44. The summed E-state index contributed by atoms with van der Waals surface area (Å²) in [7, 11) is 0. The number of rotatable bonds is 9. The SMILES string of the molecule is CC(C)[C@H](NCC1C=CC(n2cnc3c(NCC4CC4)nc(N)nc32)C1)C(=O)O. The molecule has 9 heteroatoms. The summed E-state index contributed by atoms with van der Waals surface area (Å²) in [5.41, 5.74) is 7.41. The molecule has 4 rings (SSSR count). The van der Waals surface area contributed by atoms with E-state index in [2.05, 4.69) is 37.7 Å². The molecule has 5 N–H and O–H groups in total. The summed E-state index contributed by atoms with van der Waals surface area (Å²) < 4.78 is 2.03. The molecule has 0 radical (unpaired) electrons. The van der Waals surface area contributed by atoms with Crippen molar-refractivity contribution in [1.82, 2.24) is 24.8 Å². The highest BCUT2D eigenvalue weighted by atomic mass is 16.4. The zero-order valence-electron chi connectivity index (χ0n) is 16.9. The Morgan fingerprint density at radius 3 is 2.79 bits per heavy atom. The minimum Gasteiger partial charge on any atom is -0.480 e. The first-order valence-electron chi connectivity index (χ1n) is 10.3. The van der Waals surface area contributed by atoms with Gasteiger partial charge in [-0.2, -0.15) is 9.97 Å². The number of hydrogen-bond donors (Lipinski definition) is 4. The fourth-order valence-corrected chi connectivity index (χ4v) is 3.86. The Labute approximate surface area is 169 Å². The number of nitrogens with two attached hydrogens (primary N) is 1. The number of nitrogen functional groups attached to an aromatic ring is 1. The quantitative estimate of drug-likeness (QED) is 0.471. The monoisotopic (exact) mass is 399 g/mol. The molecule has 0 bridgehead atoms. The Hall–Kier alpha value is -2.68. The number of imidazole rings is 1. The Morgan fingerprint density at radius 1 is 1.31 bits per heavy atom. The average Bonchev–Trinajstić information content (AvgIpc) is 3.21. The van der Waals surface area contributed by atoms with Crippen LogP contribution in [-0.2, 0) is 4.79 Å². The van der Waals surface area contributed by atoms with Crippen molar-refractivity contribution in [3.05, 3.63) is 18.5 Å².